The van der Waals surface area contributed by atoms with Gasteiger partial charge in [0.1, 0.15) is 5.69 Å². The molecule has 1 amide bonds. The smallest absolute Gasteiger partial charge is 0.346 e. The number of hydrogen-bond acceptors (Lipinski definition) is 10. The molecule has 0 radical (unpaired) electrons. The number of rotatable bonds is 10. The molecule has 4 atom stereocenters. The molecule has 0 aliphatic carbocycles. The summed E-state index contributed by atoms with van der Waals surface area (Å²) in [5.41, 5.74) is 5.93. The largest absolute Gasteiger partial charge is 0.431 e. The lowest BCUT2D eigenvalue weighted by Gasteiger charge is -2.41. The second-order valence-corrected chi connectivity index (χ2v) is 14.0. The average molecular weight is 739 g/mol. The number of amides is 1. The number of aliphatic hydroxyl groups excluding tert-OH is 1. The third-order valence-electron chi connectivity index (χ3n) is 9.51. The predicted octanol–water partition coefficient (Wildman–Crippen LogP) is 8.65. The van der Waals surface area contributed by atoms with Crippen molar-refractivity contribution < 1.29 is 38.1 Å². The number of nitrogens with one attached hydrogen (secondary N) is 1. The van der Waals surface area contributed by atoms with E-state index in [2.05, 4.69) is 17.0 Å². The van der Waals surface area contributed by atoms with Gasteiger partial charge in [0.15, 0.2) is 12.1 Å². The minimum Gasteiger partial charge on any atom is -0.431 e. The van der Waals surface area contributed by atoms with Crippen LogP contribution in [0.5, 0.6) is 0 Å². The number of carbonyl (C=O) groups excluding carboxylic acids is 3. The van der Waals surface area contributed by atoms with Crippen molar-refractivity contribution in [2.24, 2.45) is 5.92 Å². The van der Waals surface area contributed by atoms with Gasteiger partial charge in [0.05, 0.1) is 29.9 Å². The summed E-state index contributed by atoms with van der Waals surface area (Å²) in [5.74, 6) is -0.867. The van der Waals surface area contributed by atoms with Crippen LogP contribution in [0.1, 0.15) is 67.1 Å². The molecular formula is C43H34N2O8S. The van der Waals surface area contributed by atoms with E-state index in [1.807, 2.05) is 91.0 Å². The van der Waals surface area contributed by atoms with Gasteiger partial charge in [-0.2, -0.15) is 0 Å². The second kappa shape index (κ2) is 15.2. The lowest BCUT2D eigenvalue weighted by Crippen LogP contribution is -2.38. The molecule has 1 saturated heterocycles. The molecule has 54 heavy (non-hydrogen) atoms. The van der Waals surface area contributed by atoms with E-state index in [-0.39, 0.29) is 41.4 Å². The molecule has 3 heterocycles. The fraction of sp³-hybridized carbons (Fsp3) is 0.163. The third-order valence-corrected chi connectivity index (χ3v) is 10.4. The Labute approximate surface area is 315 Å². The highest BCUT2D eigenvalue weighted by atomic mass is 32.2. The maximum atomic E-state index is 13.3. The van der Waals surface area contributed by atoms with Crippen molar-refractivity contribution >= 4 is 35.3 Å². The van der Waals surface area contributed by atoms with E-state index in [0.29, 0.717) is 28.0 Å². The SMILES string of the molecule is CC1C(CSc2nc(-c3ccccc3)c(-c3ccccc3)o2)OC(c2cccc(NC(=O)c3ccc4c(c3)C(=O)OC4=O)c2)OC1c1ccc(CO)cc1. The van der Waals surface area contributed by atoms with E-state index < -0.39 is 24.1 Å². The summed E-state index contributed by atoms with van der Waals surface area (Å²) in [4.78, 5) is 42.1. The van der Waals surface area contributed by atoms with Gasteiger partial charge >= 0.3 is 11.9 Å². The van der Waals surface area contributed by atoms with E-state index in [1.54, 1.807) is 18.2 Å². The minimum absolute atomic E-state index is 0.0545. The first kappa shape index (κ1) is 35.2. The van der Waals surface area contributed by atoms with Crippen LogP contribution < -0.4 is 5.32 Å². The zero-order valence-electron chi connectivity index (χ0n) is 29.0. The van der Waals surface area contributed by atoms with Gasteiger partial charge in [-0.05, 0) is 41.5 Å². The summed E-state index contributed by atoms with van der Waals surface area (Å²) >= 11 is 1.47. The van der Waals surface area contributed by atoms with Gasteiger partial charge in [-0.1, -0.05) is 116 Å². The number of cyclic esters (lactones) is 2. The molecule has 1 aromatic heterocycles. The number of benzene rings is 5. The van der Waals surface area contributed by atoms with Crippen LogP contribution in [0.3, 0.4) is 0 Å². The molecule has 0 saturated carbocycles. The molecule has 11 heteroatoms. The standard InChI is InChI=1S/C43H34N2O8S/c1-25-35(24-54-43-45-36(27-9-4-2-5-10-27)38(52-43)28-11-6-3-7-12-28)50-42(51-37(25)29-17-15-26(23-46)16-18-29)31-13-8-14-32(21-31)44-39(47)30-19-20-33-34(22-30)41(49)53-40(33)48/h2-22,25,35,37,42,46H,23-24H2,1H3,(H,44,47). The number of nitrogens with zero attached hydrogens (tertiary/aromatic N) is 1. The maximum Gasteiger partial charge on any atom is 0.346 e. The van der Waals surface area contributed by atoms with Gasteiger partial charge in [-0.3, -0.25) is 4.79 Å². The summed E-state index contributed by atoms with van der Waals surface area (Å²) in [5, 5.41) is 13.1. The molecule has 8 rings (SSSR count). The zero-order valence-corrected chi connectivity index (χ0v) is 29.8. The van der Waals surface area contributed by atoms with E-state index in [9.17, 15) is 19.5 Å². The quantitative estimate of drug-likeness (QED) is 0.0798. The Bertz CT molecular complexity index is 2270. The Hall–Kier alpha value is -5.85. The number of ether oxygens (including phenoxy) is 3. The Morgan fingerprint density at radius 3 is 2.24 bits per heavy atom. The van der Waals surface area contributed by atoms with Crippen LogP contribution in [0.25, 0.3) is 22.6 Å². The Balaban J connectivity index is 1.05. The monoisotopic (exact) mass is 738 g/mol. The van der Waals surface area contributed by atoms with Crippen molar-refractivity contribution in [1.82, 2.24) is 4.98 Å². The van der Waals surface area contributed by atoms with Gasteiger partial charge < -0.3 is 29.1 Å². The van der Waals surface area contributed by atoms with Gasteiger partial charge in [-0.15, -0.1) is 0 Å². The average Bonchev–Trinajstić information content (AvgIpc) is 3.77. The summed E-state index contributed by atoms with van der Waals surface area (Å²) in [7, 11) is 0. The van der Waals surface area contributed by atoms with E-state index in [0.717, 1.165) is 27.9 Å². The Kier molecular flexibility index (Phi) is 9.94. The summed E-state index contributed by atoms with van der Waals surface area (Å²) in [6, 6.07) is 39.0. The number of thioether (sulfide) groups is 1. The highest BCUT2D eigenvalue weighted by Crippen LogP contribution is 2.44. The van der Waals surface area contributed by atoms with Crippen LogP contribution in [0.2, 0.25) is 0 Å². The fourth-order valence-electron chi connectivity index (χ4n) is 6.60. The number of fused-ring (bicyclic) bond motifs is 1. The van der Waals surface area contributed by atoms with Crippen molar-refractivity contribution in [2.45, 2.75) is 37.3 Å². The van der Waals surface area contributed by atoms with Gasteiger partial charge in [0, 0.05) is 39.6 Å². The van der Waals surface area contributed by atoms with Crippen molar-refractivity contribution in [1.29, 1.82) is 0 Å². The molecular weight excluding hydrogens is 705 g/mol. The number of aromatic nitrogens is 1. The predicted molar refractivity (Wildman–Crippen MR) is 202 cm³/mol. The van der Waals surface area contributed by atoms with Crippen molar-refractivity contribution in [3.05, 3.63) is 161 Å². The third kappa shape index (κ3) is 7.22. The molecule has 2 aliphatic rings. The number of aliphatic hydroxyl groups is 1. The number of anilines is 1. The highest BCUT2D eigenvalue weighted by molar-refractivity contribution is 7.99. The van der Waals surface area contributed by atoms with Gasteiger partial charge in [0.2, 0.25) is 0 Å². The molecule has 1 fully saturated rings. The molecule has 270 valence electrons. The molecule has 0 spiro atoms. The van der Waals surface area contributed by atoms with Crippen LogP contribution in [0.4, 0.5) is 5.69 Å². The first-order valence-electron chi connectivity index (χ1n) is 17.4. The van der Waals surface area contributed by atoms with Crippen LogP contribution in [0.15, 0.2) is 137 Å². The number of oxazole rings is 1. The van der Waals surface area contributed by atoms with E-state index in [1.165, 1.54) is 30.0 Å². The van der Waals surface area contributed by atoms with Crippen molar-refractivity contribution in [2.75, 3.05) is 11.1 Å². The zero-order chi connectivity index (χ0) is 37.2. The van der Waals surface area contributed by atoms with Gasteiger partial charge in [0.25, 0.3) is 11.1 Å². The van der Waals surface area contributed by atoms with E-state index >= 15 is 0 Å². The first-order chi connectivity index (χ1) is 26.3. The maximum absolute atomic E-state index is 13.3. The lowest BCUT2D eigenvalue weighted by molar-refractivity contribution is -0.268. The van der Waals surface area contributed by atoms with Crippen molar-refractivity contribution in [3.63, 3.8) is 0 Å². The Morgan fingerprint density at radius 1 is 0.778 bits per heavy atom. The van der Waals surface area contributed by atoms with Crippen LogP contribution in [0, 0.1) is 5.92 Å². The molecule has 2 N–H and O–H groups in total. The number of esters is 2. The molecule has 2 aliphatic heterocycles. The summed E-state index contributed by atoms with van der Waals surface area (Å²) in [6.45, 7) is 2.02. The highest BCUT2D eigenvalue weighted by Gasteiger charge is 2.39. The first-order valence-corrected chi connectivity index (χ1v) is 18.4. The molecule has 10 nitrogen and oxygen atoms in total. The normalized spacial score (nSPS) is 19.3. The Morgan fingerprint density at radius 2 is 1.50 bits per heavy atom. The topological polar surface area (TPSA) is 137 Å². The molecule has 4 unspecified atom stereocenters. The summed E-state index contributed by atoms with van der Waals surface area (Å²) in [6.07, 6.45) is -1.47. The van der Waals surface area contributed by atoms with Crippen LogP contribution in [-0.2, 0) is 20.8 Å². The van der Waals surface area contributed by atoms with Crippen molar-refractivity contribution in [3.8, 4) is 22.6 Å². The van der Waals surface area contributed by atoms with Crippen LogP contribution >= 0.6 is 11.8 Å². The number of carbonyl (C=O) groups is 3. The number of hydrogen-bond donors (Lipinski definition) is 2. The fourth-order valence-corrected chi connectivity index (χ4v) is 7.58. The van der Waals surface area contributed by atoms with Gasteiger partial charge in [-0.25, -0.2) is 14.6 Å². The molecule has 0 bridgehead atoms. The molecule has 5 aromatic carbocycles. The van der Waals surface area contributed by atoms with E-state index in [4.69, 9.17) is 18.9 Å². The summed E-state index contributed by atoms with van der Waals surface area (Å²) < 4.78 is 24.4. The molecule has 6 aromatic rings. The van der Waals surface area contributed by atoms with Crippen LogP contribution in [-0.4, -0.2) is 39.8 Å². The minimum atomic E-state index is -0.795. The second-order valence-electron chi connectivity index (χ2n) is 13.0. The lowest BCUT2D eigenvalue weighted by atomic mass is 9.91.